The van der Waals surface area contributed by atoms with Gasteiger partial charge in [-0.05, 0) is 24.3 Å². The number of aromatic nitrogens is 2. The number of hydrogen-bond acceptors (Lipinski definition) is 6. The summed E-state index contributed by atoms with van der Waals surface area (Å²) in [6.45, 7) is 0. The number of pyridine rings is 2. The van der Waals surface area contributed by atoms with E-state index >= 15 is 0 Å². The monoisotopic (exact) mass is 483 g/mol. The molecule has 8 N–H and O–H groups in total. The predicted octanol–water partition coefficient (Wildman–Crippen LogP) is 1.87. The van der Waals surface area contributed by atoms with Gasteiger partial charge in [0.2, 0.25) is 0 Å². The zero-order valence-electron chi connectivity index (χ0n) is 9.74. The van der Waals surface area contributed by atoms with Crippen LogP contribution < -0.4 is 22.9 Å². The Morgan fingerprint density at radius 3 is 1.00 bits per heavy atom. The van der Waals surface area contributed by atoms with Crippen molar-refractivity contribution in [2.24, 2.45) is 0 Å². The van der Waals surface area contributed by atoms with Crippen molar-refractivity contribution in [1.82, 2.24) is 9.97 Å². The van der Waals surface area contributed by atoms with Crippen LogP contribution in [-0.4, -0.2) is 9.97 Å². The van der Waals surface area contributed by atoms with Crippen LogP contribution in [0.25, 0.3) is 0 Å². The molecule has 0 bridgehead atoms. The molecule has 0 aliphatic carbocycles. The Balaban J connectivity index is 0.000000284. The molecular weight excluding hydrogens is 470 g/mol. The Bertz CT molecular complexity index is 407. The number of nitrogens with two attached hydrogens (primary N) is 4. The zero-order chi connectivity index (χ0) is 14.7. The predicted molar refractivity (Wildman–Crippen MR) is 77.8 cm³/mol. The molecule has 0 amide bonds. The van der Waals surface area contributed by atoms with E-state index in [1.165, 1.54) is 0 Å². The second kappa shape index (κ2) is 10.7. The first-order chi connectivity index (χ1) is 8.99. The zero-order valence-corrected chi connectivity index (χ0v) is 13.5. The molecule has 9 heteroatoms. The Morgan fingerprint density at radius 1 is 0.684 bits per heavy atom. The molecule has 2 aromatic rings. The van der Waals surface area contributed by atoms with Crippen molar-refractivity contribution in [3.63, 3.8) is 0 Å². The van der Waals surface area contributed by atoms with Crippen LogP contribution in [0.2, 0.25) is 0 Å². The summed E-state index contributed by atoms with van der Waals surface area (Å²) in [5.74, 6) is 1.85. The quantitative estimate of drug-likeness (QED) is 0.452. The van der Waals surface area contributed by atoms with Gasteiger partial charge < -0.3 is 22.9 Å². The Hall–Kier alpha value is -1.23. The summed E-state index contributed by atoms with van der Waals surface area (Å²) in [6.07, 6.45) is 0. The number of nitrogen functional groups attached to an aromatic ring is 4. The van der Waals surface area contributed by atoms with Crippen LogP contribution in [0.5, 0.6) is 0 Å². The van der Waals surface area contributed by atoms with Crippen LogP contribution in [0.3, 0.4) is 0 Å². The molecular formula is C10H14Cl2N6Pt. The Labute approximate surface area is 127 Å². The molecule has 0 aliphatic rings. The molecule has 0 atom stereocenters. The number of halogens is 2. The van der Waals surface area contributed by atoms with Gasteiger partial charge in [0.25, 0.3) is 0 Å². The fourth-order valence-corrected chi connectivity index (χ4v) is 0.938. The van der Waals surface area contributed by atoms with E-state index in [2.05, 4.69) is 9.97 Å². The van der Waals surface area contributed by atoms with Gasteiger partial charge in [-0.2, -0.15) is 0 Å². The minimum absolute atomic E-state index is 0.463. The van der Waals surface area contributed by atoms with Crippen LogP contribution in [0.1, 0.15) is 0 Å². The van der Waals surface area contributed by atoms with Crippen LogP contribution in [0.15, 0.2) is 36.4 Å². The molecule has 6 nitrogen and oxygen atoms in total. The van der Waals surface area contributed by atoms with Crippen LogP contribution in [0.4, 0.5) is 23.3 Å². The summed E-state index contributed by atoms with van der Waals surface area (Å²) in [5, 5.41) is 0. The summed E-state index contributed by atoms with van der Waals surface area (Å²) in [6, 6.07) is 10.3. The van der Waals surface area contributed by atoms with Crippen molar-refractivity contribution in [1.29, 1.82) is 0 Å². The van der Waals surface area contributed by atoms with E-state index in [9.17, 15) is 0 Å². The van der Waals surface area contributed by atoms with Crippen molar-refractivity contribution >= 4 is 42.1 Å². The van der Waals surface area contributed by atoms with Crippen LogP contribution >= 0.6 is 18.8 Å². The first-order valence-corrected chi connectivity index (χ1v) is 10.4. The van der Waals surface area contributed by atoms with Gasteiger partial charge in [0, 0.05) is 0 Å². The third kappa shape index (κ3) is 10.4. The van der Waals surface area contributed by atoms with E-state index < -0.39 is 16.5 Å². The van der Waals surface area contributed by atoms with Gasteiger partial charge in [0.05, 0.1) is 0 Å². The molecule has 0 unspecified atom stereocenters. The van der Waals surface area contributed by atoms with Crippen LogP contribution in [-0.2, 0) is 16.5 Å². The number of rotatable bonds is 0. The average molecular weight is 484 g/mol. The summed E-state index contributed by atoms with van der Waals surface area (Å²) in [4.78, 5) is 7.46. The van der Waals surface area contributed by atoms with Gasteiger partial charge in [0.15, 0.2) is 0 Å². The Kier molecular flexibility index (Phi) is 9.98. The third-order valence-corrected chi connectivity index (χ3v) is 1.58. The van der Waals surface area contributed by atoms with Crippen molar-refractivity contribution in [3.8, 4) is 0 Å². The minimum atomic E-state index is -0.472. The molecule has 108 valence electrons. The standard InChI is InChI=1S/2C5H7N3.2ClH.Pt/c2*6-4-2-1-3-5(7)8-4;;;/h2*1-3H,(H4,6,7,8);2*1H;/q;;;;+2/p-2. The second-order valence-corrected chi connectivity index (χ2v) is 6.30. The van der Waals surface area contributed by atoms with Gasteiger partial charge >= 0.3 is 35.3 Å². The molecule has 2 rings (SSSR count). The fourth-order valence-electron chi connectivity index (χ4n) is 0.938. The van der Waals surface area contributed by atoms with Gasteiger partial charge in [-0.1, -0.05) is 12.1 Å². The van der Waals surface area contributed by atoms with Crippen molar-refractivity contribution in [2.75, 3.05) is 22.9 Å². The van der Waals surface area contributed by atoms with E-state index in [0.29, 0.717) is 23.3 Å². The SMILES string of the molecule is Nc1cccc(N)n1.Nc1cccc(N)n1.[Cl][Pt][Cl]. The maximum atomic E-state index is 5.27. The van der Waals surface area contributed by atoms with Crippen LogP contribution in [0, 0.1) is 0 Å². The van der Waals surface area contributed by atoms with Gasteiger partial charge in [0.1, 0.15) is 23.3 Å². The van der Waals surface area contributed by atoms with Gasteiger partial charge in [-0.15, -0.1) is 0 Å². The third-order valence-electron chi connectivity index (χ3n) is 1.58. The molecule has 2 aromatic heterocycles. The number of hydrogen-bond donors (Lipinski definition) is 4. The molecule has 0 radical (unpaired) electrons. The summed E-state index contributed by atoms with van der Waals surface area (Å²) < 4.78 is 0. The molecule has 0 aromatic carbocycles. The molecule has 19 heavy (non-hydrogen) atoms. The first-order valence-electron chi connectivity index (χ1n) is 4.78. The van der Waals surface area contributed by atoms with E-state index in [-0.39, 0.29) is 0 Å². The van der Waals surface area contributed by atoms with E-state index in [4.69, 9.17) is 41.8 Å². The summed E-state index contributed by atoms with van der Waals surface area (Å²) >= 11 is -0.472. The van der Waals surface area contributed by atoms with Crippen molar-refractivity contribution in [3.05, 3.63) is 36.4 Å². The molecule has 0 fully saturated rings. The molecule has 0 aliphatic heterocycles. The maximum absolute atomic E-state index is 5.27. The van der Waals surface area contributed by atoms with Crippen molar-refractivity contribution < 1.29 is 16.5 Å². The first kappa shape index (κ1) is 17.8. The molecule has 2 heterocycles. The van der Waals surface area contributed by atoms with E-state index in [1.54, 1.807) is 36.4 Å². The number of anilines is 4. The fraction of sp³-hybridized carbons (Fsp3) is 0. The number of nitrogens with zero attached hydrogens (tertiary/aromatic N) is 2. The molecule has 0 saturated carbocycles. The summed E-state index contributed by atoms with van der Waals surface area (Å²) in [5.41, 5.74) is 21.1. The van der Waals surface area contributed by atoms with Crippen molar-refractivity contribution in [2.45, 2.75) is 0 Å². The topological polar surface area (TPSA) is 130 Å². The van der Waals surface area contributed by atoms with E-state index in [1.807, 2.05) is 0 Å². The second-order valence-electron chi connectivity index (χ2n) is 3.02. The molecule has 0 spiro atoms. The van der Waals surface area contributed by atoms with Gasteiger partial charge in [-0.25, -0.2) is 9.97 Å². The van der Waals surface area contributed by atoms with E-state index in [0.717, 1.165) is 0 Å². The normalized spacial score (nSPS) is 8.74. The average Bonchev–Trinajstić information content (AvgIpc) is 2.30. The molecule has 0 saturated heterocycles. The summed E-state index contributed by atoms with van der Waals surface area (Å²) in [7, 11) is 9.75. The Morgan fingerprint density at radius 2 is 0.895 bits per heavy atom. The van der Waals surface area contributed by atoms with Gasteiger partial charge in [-0.3, -0.25) is 0 Å².